The summed E-state index contributed by atoms with van der Waals surface area (Å²) in [5.74, 6) is 3.39. The fourth-order valence-corrected chi connectivity index (χ4v) is 6.68. The number of unbranched alkanes of at least 4 members (excludes halogenated alkanes) is 2. The zero-order chi connectivity index (χ0) is 26.5. The van der Waals surface area contributed by atoms with Crippen LogP contribution in [0.1, 0.15) is 62.8 Å². The highest BCUT2D eigenvalue weighted by atomic mass is 15.4. The van der Waals surface area contributed by atoms with Crippen LogP contribution in [0.15, 0.2) is 42.9 Å². The molecule has 0 amide bonds. The summed E-state index contributed by atoms with van der Waals surface area (Å²) in [4.78, 5) is 7.64. The number of likely N-dealkylation sites (tertiary alicyclic amines) is 2. The Kier molecular flexibility index (Phi) is 9.08. The Hall–Kier alpha value is -2.35. The average molecular weight is 520 g/mol. The van der Waals surface area contributed by atoms with Gasteiger partial charge in [0.05, 0.1) is 5.52 Å². The summed E-state index contributed by atoms with van der Waals surface area (Å²) >= 11 is 0. The van der Waals surface area contributed by atoms with E-state index in [2.05, 4.69) is 63.7 Å². The van der Waals surface area contributed by atoms with Crippen molar-refractivity contribution in [2.45, 2.75) is 57.3 Å². The topological polar surface area (TPSA) is 51.6 Å². The van der Waals surface area contributed by atoms with Crippen LogP contribution >= 0.6 is 0 Å². The second-order valence-corrected chi connectivity index (χ2v) is 11.8. The van der Waals surface area contributed by atoms with Gasteiger partial charge in [0.15, 0.2) is 5.82 Å². The minimum Gasteiger partial charge on any atom is -0.346 e. The van der Waals surface area contributed by atoms with E-state index in [0.717, 1.165) is 42.8 Å². The summed E-state index contributed by atoms with van der Waals surface area (Å²) in [5.41, 5.74) is 3.71. The molecule has 0 spiro atoms. The van der Waals surface area contributed by atoms with E-state index in [4.69, 9.17) is 5.10 Å². The number of nitrogens with zero attached hydrogens (tertiary/aromatic N) is 5. The molecule has 7 nitrogen and oxygen atoms in total. The summed E-state index contributed by atoms with van der Waals surface area (Å²) in [7, 11) is 4.11. The molecule has 0 bridgehead atoms. The molecular weight excluding hydrogens is 470 g/mol. The number of anilines is 1. The summed E-state index contributed by atoms with van der Waals surface area (Å²) in [6.07, 6.45) is 10.2. The van der Waals surface area contributed by atoms with Crippen LogP contribution < -0.4 is 15.5 Å². The summed E-state index contributed by atoms with van der Waals surface area (Å²) in [6.45, 7) is 17.9. The maximum absolute atomic E-state index is 4.88. The molecule has 0 unspecified atom stereocenters. The molecule has 4 heterocycles. The highest BCUT2D eigenvalue weighted by molar-refractivity contribution is 5.92. The van der Waals surface area contributed by atoms with Crippen molar-refractivity contribution in [3.63, 3.8) is 0 Å². The van der Waals surface area contributed by atoms with Crippen LogP contribution in [-0.4, -0.2) is 79.0 Å². The van der Waals surface area contributed by atoms with Gasteiger partial charge in [0, 0.05) is 37.6 Å². The van der Waals surface area contributed by atoms with Gasteiger partial charge < -0.3 is 25.3 Å². The molecule has 38 heavy (non-hydrogen) atoms. The number of aromatic nitrogens is 2. The first kappa shape index (κ1) is 27.2. The molecule has 2 aromatic rings. The zero-order valence-electron chi connectivity index (χ0n) is 23.9. The van der Waals surface area contributed by atoms with Crippen LogP contribution in [0.4, 0.5) is 5.82 Å². The Morgan fingerprint density at radius 1 is 0.974 bits per heavy atom. The zero-order valence-corrected chi connectivity index (χ0v) is 23.9. The average Bonchev–Trinajstić information content (AvgIpc) is 3.25. The fourth-order valence-electron chi connectivity index (χ4n) is 6.68. The van der Waals surface area contributed by atoms with Gasteiger partial charge in [-0.3, -0.25) is 4.68 Å². The first-order valence-corrected chi connectivity index (χ1v) is 15.0. The predicted octanol–water partition coefficient (Wildman–Crippen LogP) is 4.64. The third-order valence-electron chi connectivity index (χ3n) is 9.08. The van der Waals surface area contributed by atoms with E-state index in [1.807, 2.05) is 11.7 Å². The lowest BCUT2D eigenvalue weighted by Crippen LogP contribution is -2.41. The lowest BCUT2D eigenvalue weighted by Gasteiger charge is -2.38. The second kappa shape index (κ2) is 12.7. The van der Waals surface area contributed by atoms with E-state index in [9.17, 15) is 0 Å². The second-order valence-electron chi connectivity index (χ2n) is 11.8. The molecule has 7 heteroatoms. The molecule has 3 aliphatic heterocycles. The minimum atomic E-state index is 0.647. The third kappa shape index (κ3) is 6.44. The number of fused-ring (bicyclic) bond motifs is 1. The van der Waals surface area contributed by atoms with Crippen molar-refractivity contribution in [3.8, 4) is 0 Å². The smallest absolute Gasteiger partial charge is 0.164 e. The Morgan fingerprint density at radius 2 is 1.74 bits per heavy atom. The van der Waals surface area contributed by atoms with E-state index in [0.29, 0.717) is 5.92 Å². The normalized spacial score (nSPS) is 20.9. The number of aryl methyl sites for hydroxylation is 1. The molecule has 2 N–H and O–H groups in total. The summed E-state index contributed by atoms with van der Waals surface area (Å²) in [6, 6.07) is 7.02. The monoisotopic (exact) mass is 519 g/mol. The van der Waals surface area contributed by atoms with Gasteiger partial charge in [-0.05, 0) is 114 Å². The Bertz CT molecular complexity index is 1090. The highest BCUT2D eigenvalue weighted by Gasteiger charge is 2.27. The Labute approximate surface area is 229 Å². The molecule has 3 fully saturated rings. The van der Waals surface area contributed by atoms with Gasteiger partial charge in [-0.2, -0.15) is 5.10 Å². The summed E-state index contributed by atoms with van der Waals surface area (Å²) < 4.78 is 2.04. The predicted molar refractivity (Wildman–Crippen MR) is 159 cm³/mol. The molecule has 1 aromatic carbocycles. The lowest BCUT2D eigenvalue weighted by molar-refractivity contribution is 0.126. The van der Waals surface area contributed by atoms with Crippen LogP contribution in [0.2, 0.25) is 0 Å². The Morgan fingerprint density at radius 3 is 2.47 bits per heavy atom. The van der Waals surface area contributed by atoms with Gasteiger partial charge in [0.1, 0.15) is 5.82 Å². The molecule has 0 atom stereocenters. The van der Waals surface area contributed by atoms with E-state index >= 15 is 0 Å². The molecule has 0 radical (unpaired) electrons. The minimum absolute atomic E-state index is 0.647. The van der Waals surface area contributed by atoms with Gasteiger partial charge in [-0.15, -0.1) is 0 Å². The van der Waals surface area contributed by atoms with Crippen molar-refractivity contribution in [1.29, 1.82) is 0 Å². The SMILES string of the molecule is C=C1CCN(c2nn(C)c3cc(C4CCN(CC5CCN(CCCCCNC)CC5)CC4)ccc23)C(=C)N1. The van der Waals surface area contributed by atoms with E-state index < -0.39 is 0 Å². The molecule has 0 aliphatic carbocycles. The van der Waals surface area contributed by atoms with Crippen molar-refractivity contribution in [2.24, 2.45) is 13.0 Å². The molecule has 5 rings (SSSR count). The van der Waals surface area contributed by atoms with Gasteiger partial charge in [0.2, 0.25) is 0 Å². The van der Waals surface area contributed by atoms with Crippen molar-refractivity contribution in [2.75, 3.05) is 64.3 Å². The quantitative estimate of drug-likeness (QED) is 0.446. The standard InChI is InChI=1S/C31H49N7/c1-24-10-21-38(25(2)33-24)31-29-9-8-28(22-30(29)35(4)34-31)27-13-19-37(20-14-27)23-26-11-17-36(18-12-26)16-7-5-6-15-32-3/h8-9,22,26-27,32-33H,1-2,5-7,10-21,23H2,3-4H3. The number of hydrogen-bond acceptors (Lipinski definition) is 6. The largest absolute Gasteiger partial charge is 0.346 e. The highest BCUT2D eigenvalue weighted by Crippen LogP contribution is 2.35. The van der Waals surface area contributed by atoms with Crippen LogP contribution in [0.3, 0.4) is 0 Å². The Balaban J connectivity index is 1.10. The number of nitrogens with one attached hydrogen (secondary N) is 2. The number of rotatable bonds is 10. The van der Waals surface area contributed by atoms with Gasteiger partial charge >= 0.3 is 0 Å². The first-order chi connectivity index (χ1) is 18.5. The van der Waals surface area contributed by atoms with Crippen LogP contribution in [0, 0.1) is 5.92 Å². The van der Waals surface area contributed by atoms with Crippen molar-refractivity contribution < 1.29 is 0 Å². The van der Waals surface area contributed by atoms with Gasteiger partial charge in [-0.1, -0.05) is 25.6 Å². The van der Waals surface area contributed by atoms with E-state index in [1.54, 1.807) is 0 Å². The maximum Gasteiger partial charge on any atom is 0.164 e. The first-order valence-electron chi connectivity index (χ1n) is 15.0. The number of piperidine rings is 2. The molecule has 0 saturated carbocycles. The third-order valence-corrected chi connectivity index (χ3v) is 9.08. The molecule has 3 saturated heterocycles. The van der Waals surface area contributed by atoms with Gasteiger partial charge in [-0.25, -0.2) is 0 Å². The molecular formula is C31H49N7. The molecule has 3 aliphatic rings. The van der Waals surface area contributed by atoms with Crippen LogP contribution in [0.5, 0.6) is 0 Å². The van der Waals surface area contributed by atoms with Crippen molar-refractivity contribution >= 4 is 16.7 Å². The van der Waals surface area contributed by atoms with Crippen molar-refractivity contribution in [3.05, 3.63) is 48.4 Å². The van der Waals surface area contributed by atoms with Crippen molar-refractivity contribution in [1.82, 2.24) is 30.2 Å². The fraction of sp³-hybridized carbons (Fsp3) is 0.645. The number of benzene rings is 1. The van der Waals surface area contributed by atoms with Crippen LogP contribution in [-0.2, 0) is 7.05 Å². The number of hydrogen-bond donors (Lipinski definition) is 2. The van der Waals surface area contributed by atoms with E-state index in [-0.39, 0.29) is 0 Å². The molecule has 1 aromatic heterocycles. The van der Waals surface area contributed by atoms with Crippen LogP contribution in [0.25, 0.3) is 10.9 Å². The van der Waals surface area contributed by atoms with Gasteiger partial charge in [0.25, 0.3) is 0 Å². The molecule has 208 valence electrons. The lowest BCUT2D eigenvalue weighted by atomic mass is 9.88. The maximum atomic E-state index is 4.88. The van der Waals surface area contributed by atoms with E-state index in [1.165, 1.54) is 101 Å². The summed E-state index contributed by atoms with van der Waals surface area (Å²) in [5, 5.41) is 12.6.